The van der Waals surface area contributed by atoms with Gasteiger partial charge in [-0.3, -0.25) is 4.90 Å². The van der Waals surface area contributed by atoms with E-state index in [-0.39, 0.29) is 0 Å². The molecule has 2 aromatic heterocycles. The van der Waals surface area contributed by atoms with Crippen molar-refractivity contribution >= 4 is 21.8 Å². The first-order valence-electron chi connectivity index (χ1n) is 8.84. The zero-order valence-electron chi connectivity index (χ0n) is 14.4. The molecule has 25 heavy (non-hydrogen) atoms. The van der Waals surface area contributed by atoms with Crippen LogP contribution in [0, 0.1) is 0 Å². The number of H-pyrrole nitrogens is 2. The van der Waals surface area contributed by atoms with Crippen molar-refractivity contribution in [2.45, 2.75) is 26.2 Å². The Morgan fingerprint density at radius 1 is 0.720 bits per heavy atom. The summed E-state index contributed by atoms with van der Waals surface area (Å²) in [5.74, 6) is 0. The van der Waals surface area contributed by atoms with Crippen LogP contribution < -0.4 is 5.32 Å². The molecular weight excluding hydrogens is 308 g/mol. The van der Waals surface area contributed by atoms with E-state index < -0.39 is 0 Å². The number of nitrogens with zero attached hydrogens (tertiary/aromatic N) is 1. The third-order valence-corrected chi connectivity index (χ3v) is 5.26. The van der Waals surface area contributed by atoms with Crippen LogP contribution in [0.15, 0.2) is 48.8 Å². The van der Waals surface area contributed by atoms with Gasteiger partial charge in [0.1, 0.15) is 0 Å². The molecule has 2 aliphatic rings. The van der Waals surface area contributed by atoms with Crippen molar-refractivity contribution in [3.63, 3.8) is 0 Å². The van der Waals surface area contributed by atoms with Crippen molar-refractivity contribution < 1.29 is 0 Å². The topological polar surface area (TPSA) is 46.9 Å². The summed E-state index contributed by atoms with van der Waals surface area (Å²) in [6.07, 6.45) is 4.23. The van der Waals surface area contributed by atoms with Gasteiger partial charge in [0.2, 0.25) is 0 Å². The molecule has 0 fully saturated rings. The quantitative estimate of drug-likeness (QED) is 0.458. The Morgan fingerprint density at radius 3 is 2.12 bits per heavy atom. The van der Waals surface area contributed by atoms with Crippen LogP contribution >= 0.6 is 0 Å². The second-order valence-corrected chi connectivity index (χ2v) is 7.08. The van der Waals surface area contributed by atoms with E-state index in [2.05, 4.69) is 76.0 Å². The molecule has 0 saturated carbocycles. The summed E-state index contributed by atoms with van der Waals surface area (Å²) >= 11 is 0. The number of rotatable bonds is 0. The minimum absolute atomic E-state index is 0.997. The number of aromatic amines is 2. The monoisotopic (exact) mass is 330 g/mol. The minimum atomic E-state index is 0.997. The van der Waals surface area contributed by atoms with Gasteiger partial charge in [0.05, 0.1) is 0 Å². The lowest BCUT2D eigenvalue weighted by atomic mass is 10.0. The molecule has 3 N–H and O–H groups in total. The molecule has 0 radical (unpaired) electrons. The van der Waals surface area contributed by atoms with Gasteiger partial charge in [-0.05, 0) is 41.4 Å². The van der Waals surface area contributed by atoms with Crippen molar-refractivity contribution in [1.29, 1.82) is 0 Å². The Kier molecular flexibility index (Phi) is 3.40. The lowest BCUT2D eigenvalue weighted by molar-refractivity contribution is 0.314. The van der Waals surface area contributed by atoms with E-state index in [4.69, 9.17) is 0 Å². The molecule has 0 spiro atoms. The number of hydrogen-bond acceptors (Lipinski definition) is 2. The normalized spacial score (nSPS) is 16.0. The van der Waals surface area contributed by atoms with Crippen LogP contribution in [-0.2, 0) is 26.2 Å². The first kappa shape index (κ1) is 14.8. The van der Waals surface area contributed by atoms with Crippen LogP contribution in [0.25, 0.3) is 21.8 Å². The van der Waals surface area contributed by atoms with E-state index in [1.807, 2.05) is 0 Å². The zero-order valence-corrected chi connectivity index (χ0v) is 14.4. The number of hydrogen-bond donors (Lipinski definition) is 3. The standard InChI is InChI=1S/C11H12N2.C10H10N2/c1-13-6-8-3-2-4-10-11(8)9(7-13)5-12-10;1-2-7-4-11-5-8-6-12-9(3-1)10(7)8/h2-5,12H,6-7H2,1H3;1-3,6,11-12H,4-5H2. The smallest absolute Gasteiger partial charge is 0.0460 e. The SMILES string of the molecule is CN1Cc2cccc3[nH]cc(c23)C1.c1cc2c3c(c[nH]c3c1)CNC2. The van der Waals surface area contributed by atoms with Gasteiger partial charge in [-0.1, -0.05) is 24.3 Å². The Morgan fingerprint density at radius 2 is 1.32 bits per heavy atom. The molecule has 4 heteroatoms. The van der Waals surface area contributed by atoms with Crippen molar-refractivity contribution in [2.24, 2.45) is 0 Å². The van der Waals surface area contributed by atoms with E-state index in [1.165, 1.54) is 44.1 Å². The summed E-state index contributed by atoms with van der Waals surface area (Å²) in [7, 11) is 2.16. The molecule has 0 unspecified atom stereocenters. The second-order valence-electron chi connectivity index (χ2n) is 7.08. The van der Waals surface area contributed by atoms with E-state index in [0.717, 1.165) is 26.2 Å². The molecule has 0 saturated heterocycles. The van der Waals surface area contributed by atoms with Crippen molar-refractivity contribution in [3.8, 4) is 0 Å². The van der Waals surface area contributed by atoms with Crippen molar-refractivity contribution in [1.82, 2.24) is 20.2 Å². The molecule has 2 aromatic carbocycles. The molecular formula is C21H22N4. The van der Waals surface area contributed by atoms with Gasteiger partial charge in [-0.2, -0.15) is 0 Å². The van der Waals surface area contributed by atoms with Gasteiger partial charge in [0.25, 0.3) is 0 Å². The fraction of sp³-hybridized carbons (Fsp3) is 0.238. The predicted octanol–water partition coefficient (Wildman–Crippen LogP) is 3.88. The maximum Gasteiger partial charge on any atom is 0.0460 e. The van der Waals surface area contributed by atoms with Crippen LogP contribution in [-0.4, -0.2) is 21.9 Å². The summed E-state index contributed by atoms with van der Waals surface area (Å²) in [5.41, 5.74) is 8.23. The van der Waals surface area contributed by atoms with Crippen LogP contribution in [0.1, 0.15) is 22.3 Å². The molecule has 4 nitrogen and oxygen atoms in total. The third-order valence-electron chi connectivity index (χ3n) is 5.26. The fourth-order valence-corrected chi connectivity index (χ4v) is 4.19. The summed E-state index contributed by atoms with van der Waals surface area (Å²) in [4.78, 5) is 8.93. The highest BCUT2D eigenvalue weighted by atomic mass is 15.1. The second kappa shape index (κ2) is 5.76. The summed E-state index contributed by atoms with van der Waals surface area (Å²) in [5, 5.41) is 6.24. The fourth-order valence-electron chi connectivity index (χ4n) is 4.19. The maximum absolute atomic E-state index is 3.37. The number of aromatic nitrogens is 2. The van der Waals surface area contributed by atoms with Crippen molar-refractivity contribution in [2.75, 3.05) is 7.05 Å². The van der Waals surface area contributed by atoms with Crippen LogP contribution in [0.3, 0.4) is 0 Å². The molecule has 126 valence electrons. The molecule has 0 aliphatic carbocycles. The van der Waals surface area contributed by atoms with Gasteiger partial charge in [0.15, 0.2) is 0 Å². The highest BCUT2D eigenvalue weighted by Gasteiger charge is 2.16. The van der Waals surface area contributed by atoms with Gasteiger partial charge >= 0.3 is 0 Å². The van der Waals surface area contributed by atoms with Gasteiger partial charge in [-0.15, -0.1) is 0 Å². The highest BCUT2D eigenvalue weighted by molar-refractivity contribution is 5.87. The molecule has 0 atom stereocenters. The molecule has 6 rings (SSSR count). The Bertz CT molecular complexity index is 1060. The first-order valence-corrected chi connectivity index (χ1v) is 8.84. The van der Waals surface area contributed by atoms with Crippen LogP contribution in [0.5, 0.6) is 0 Å². The highest BCUT2D eigenvalue weighted by Crippen LogP contribution is 2.28. The maximum atomic E-state index is 3.37. The number of benzene rings is 2. The lowest BCUT2D eigenvalue weighted by Crippen LogP contribution is -2.20. The Balaban J connectivity index is 0.000000112. The summed E-state index contributed by atoms with van der Waals surface area (Å²) in [6.45, 7) is 4.14. The molecule has 4 heterocycles. The zero-order chi connectivity index (χ0) is 16.8. The molecule has 2 aliphatic heterocycles. The molecule has 0 bridgehead atoms. The van der Waals surface area contributed by atoms with E-state index in [0.29, 0.717) is 0 Å². The predicted molar refractivity (Wildman–Crippen MR) is 102 cm³/mol. The van der Waals surface area contributed by atoms with E-state index >= 15 is 0 Å². The average molecular weight is 330 g/mol. The van der Waals surface area contributed by atoms with Gasteiger partial charge in [-0.25, -0.2) is 0 Å². The average Bonchev–Trinajstić information content (AvgIpc) is 3.23. The van der Waals surface area contributed by atoms with Gasteiger partial charge in [0, 0.05) is 60.4 Å². The largest absolute Gasteiger partial charge is 0.361 e. The van der Waals surface area contributed by atoms with Crippen LogP contribution in [0.4, 0.5) is 0 Å². The van der Waals surface area contributed by atoms with E-state index in [9.17, 15) is 0 Å². The first-order chi connectivity index (χ1) is 12.3. The summed E-state index contributed by atoms with van der Waals surface area (Å²) < 4.78 is 0. The van der Waals surface area contributed by atoms with Crippen LogP contribution in [0.2, 0.25) is 0 Å². The van der Waals surface area contributed by atoms with E-state index in [1.54, 1.807) is 0 Å². The Hall–Kier alpha value is -2.56. The lowest BCUT2D eigenvalue weighted by Gasteiger charge is -2.22. The Labute approximate surface area is 146 Å². The van der Waals surface area contributed by atoms with Crippen molar-refractivity contribution in [3.05, 3.63) is 71.0 Å². The molecule has 4 aromatic rings. The number of nitrogens with one attached hydrogen (secondary N) is 3. The van der Waals surface area contributed by atoms with Gasteiger partial charge < -0.3 is 15.3 Å². The molecule has 0 amide bonds. The third kappa shape index (κ3) is 2.46. The minimum Gasteiger partial charge on any atom is -0.361 e. The summed E-state index contributed by atoms with van der Waals surface area (Å²) in [6, 6.07) is 12.9.